The third-order valence-corrected chi connectivity index (χ3v) is 5.88. The smallest absolute Gasteiger partial charge is 0.342 e. The maximum atomic E-state index is 10.1. The van der Waals surface area contributed by atoms with E-state index in [2.05, 4.69) is 0 Å². The van der Waals surface area contributed by atoms with Crippen LogP contribution in [-0.2, 0) is 26.1 Å². The minimum Gasteiger partial charge on any atom is -0.477 e. The molecule has 0 bridgehead atoms. The van der Waals surface area contributed by atoms with Crippen LogP contribution in [0.15, 0.2) is 22.0 Å². The van der Waals surface area contributed by atoms with Crippen LogP contribution in [0.5, 0.6) is 0 Å². The Balaban J connectivity index is 0.000000284. The second-order valence-corrected chi connectivity index (χ2v) is 7.25. The maximum Gasteiger partial charge on any atom is 0.342 e. The van der Waals surface area contributed by atoms with Gasteiger partial charge in [-0.3, -0.25) is 0 Å². The van der Waals surface area contributed by atoms with Crippen LogP contribution >= 0.6 is 43.2 Å². The zero-order valence-corrected chi connectivity index (χ0v) is 12.5. The molecule has 2 aliphatic rings. The number of hydrogen-bond donors (Lipinski definition) is 2. The molecule has 98 valence electrons. The molecule has 0 saturated heterocycles. The van der Waals surface area contributed by atoms with E-state index in [4.69, 9.17) is 10.2 Å². The fourth-order valence-corrected chi connectivity index (χ4v) is 4.66. The van der Waals surface area contributed by atoms with E-state index in [1.54, 1.807) is 33.7 Å². The van der Waals surface area contributed by atoms with Crippen molar-refractivity contribution >= 4 is 55.1 Å². The number of carboxylic acid groups (broad SMARTS) is 2. The van der Waals surface area contributed by atoms with Crippen LogP contribution < -0.4 is 0 Å². The molecule has 0 spiro atoms. The Hall–Kier alpha value is 0.314. The maximum absolute atomic E-state index is 10.1. The standard InChI is InChI=1S/2C4H4O2S2.Ni/c2*5-4(6)3-1-2-7-8-3;/h2*1H,2H2,(H,5,6);. The quantitative estimate of drug-likeness (QED) is 0.579. The predicted octanol–water partition coefficient (Wildman–Crippen LogP) is 2.70. The van der Waals surface area contributed by atoms with E-state index < -0.39 is 11.9 Å². The van der Waals surface area contributed by atoms with Crippen LogP contribution in [-0.4, -0.2) is 33.7 Å². The number of carboxylic acids is 2. The third kappa shape index (κ3) is 6.71. The van der Waals surface area contributed by atoms with Crippen molar-refractivity contribution in [2.75, 3.05) is 11.5 Å². The summed E-state index contributed by atoms with van der Waals surface area (Å²) in [6, 6.07) is 0. The summed E-state index contributed by atoms with van der Waals surface area (Å²) in [6.07, 6.45) is 3.44. The number of hydrogen-bond acceptors (Lipinski definition) is 6. The topological polar surface area (TPSA) is 74.6 Å². The van der Waals surface area contributed by atoms with Gasteiger partial charge in [-0.1, -0.05) is 55.3 Å². The summed E-state index contributed by atoms with van der Waals surface area (Å²) in [5, 5.41) is 16.6. The van der Waals surface area contributed by atoms with Crippen molar-refractivity contribution in [3.05, 3.63) is 22.0 Å². The predicted molar refractivity (Wildman–Crippen MR) is 71.5 cm³/mol. The van der Waals surface area contributed by atoms with Crippen molar-refractivity contribution in [3.63, 3.8) is 0 Å². The Bertz CT molecular complexity index is 321. The molecule has 4 nitrogen and oxygen atoms in total. The van der Waals surface area contributed by atoms with E-state index in [0.29, 0.717) is 9.81 Å². The monoisotopic (exact) mass is 354 g/mol. The van der Waals surface area contributed by atoms with Crippen molar-refractivity contribution in [2.24, 2.45) is 0 Å². The van der Waals surface area contributed by atoms with Gasteiger partial charge in [0.2, 0.25) is 0 Å². The van der Waals surface area contributed by atoms with E-state index in [1.165, 1.54) is 21.6 Å². The second kappa shape index (κ2) is 9.27. The summed E-state index contributed by atoms with van der Waals surface area (Å²) in [7, 11) is 5.76. The molecule has 0 saturated carbocycles. The van der Waals surface area contributed by atoms with Crippen molar-refractivity contribution < 1.29 is 36.3 Å². The van der Waals surface area contributed by atoms with Crippen molar-refractivity contribution in [1.29, 1.82) is 0 Å². The number of carbonyl (C=O) groups is 2. The summed E-state index contributed by atoms with van der Waals surface area (Å²) in [4.78, 5) is 21.1. The minimum absolute atomic E-state index is 0. The Labute approximate surface area is 124 Å². The van der Waals surface area contributed by atoms with E-state index in [-0.39, 0.29) is 16.5 Å². The van der Waals surface area contributed by atoms with Gasteiger partial charge in [0.25, 0.3) is 0 Å². The molecule has 0 aromatic rings. The van der Waals surface area contributed by atoms with Crippen LogP contribution in [0.4, 0.5) is 0 Å². The largest absolute Gasteiger partial charge is 0.477 e. The molecule has 0 aromatic heterocycles. The minimum atomic E-state index is -0.806. The van der Waals surface area contributed by atoms with Crippen LogP contribution in [0.25, 0.3) is 0 Å². The Kier molecular flexibility index (Phi) is 9.44. The summed E-state index contributed by atoms with van der Waals surface area (Å²) in [6.45, 7) is 0. The zero-order valence-electron chi connectivity index (χ0n) is 8.23. The molecule has 0 amide bonds. The van der Waals surface area contributed by atoms with Crippen LogP contribution in [0.1, 0.15) is 0 Å². The first kappa shape index (κ1) is 17.3. The Morgan fingerprint density at radius 3 is 1.41 bits per heavy atom. The van der Waals surface area contributed by atoms with E-state index in [1.807, 2.05) is 0 Å². The summed E-state index contributed by atoms with van der Waals surface area (Å²) in [5.41, 5.74) is 0. The molecule has 0 unspecified atom stereocenters. The summed E-state index contributed by atoms with van der Waals surface area (Å²) in [5.74, 6) is 0.0403. The average molecular weight is 355 g/mol. The fourth-order valence-electron chi connectivity index (χ4n) is 0.728. The molecule has 0 radical (unpaired) electrons. The Morgan fingerprint density at radius 1 is 0.941 bits per heavy atom. The van der Waals surface area contributed by atoms with Gasteiger partial charge in [0.05, 0.1) is 0 Å². The average Bonchev–Trinajstić information content (AvgIpc) is 2.93. The molecule has 0 aliphatic carbocycles. The van der Waals surface area contributed by atoms with E-state index in [0.717, 1.165) is 11.5 Å². The van der Waals surface area contributed by atoms with Gasteiger partial charge in [-0.15, -0.1) is 0 Å². The van der Waals surface area contributed by atoms with Crippen molar-refractivity contribution in [3.8, 4) is 0 Å². The van der Waals surface area contributed by atoms with E-state index in [9.17, 15) is 9.59 Å². The van der Waals surface area contributed by atoms with Gasteiger partial charge in [-0.05, 0) is 0 Å². The zero-order chi connectivity index (χ0) is 12.0. The first-order valence-electron chi connectivity index (χ1n) is 4.07. The van der Waals surface area contributed by atoms with Gasteiger partial charge in [0.15, 0.2) is 0 Å². The molecule has 2 rings (SSSR count). The molecule has 0 aromatic carbocycles. The number of rotatable bonds is 2. The van der Waals surface area contributed by atoms with Crippen LogP contribution in [0.3, 0.4) is 0 Å². The molecule has 0 fully saturated rings. The molecule has 17 heavy (non-hydrogen) atoms. The number of aliphatic carboxylic acids is 2. The molecule has 9 heteroatoms. The molecule has 2 heterocycles. The van der Waals surface area contributed by atoms with Crippen molar-refractivity contribution in [2.45, 2.75) is 0 Å². The van der Waals surface area contributed by atoms with Gasteiger partial charge >= 0.3 is 11.9 Å². The van der Waals surface area contributed by atoms with Gasteiger partial charge in [0, 0.05) is 28.0 Å². The normalized spacial score (nSPS) is 17.2. The SMILES string of the molecule is O=C(O)C1=CCSS1.O=C(O)C1=CCSS1.[Ni]. The molecular formula is C8H8NiO4S4. The fraction of sp³-hybridized carbons (Fsp3) is 0.250. The molecule has 0 atom stereocenters. The summed E-state index contributed by atoms with van der Waals surface area (Å²) < 4.78 is 0. The van der Waals surface area contributed by atoms with Crippen LogP contribution in [0, 0.1) is 0 Å². The molecule has 2 aliphatic heterocycles. The van der Waals surface area contributed by atoms with Gasteiger partial charge < -0.3 is 10.2 Å². The molecule has 2 N–H and O–H groups in total. The first-order valence-corrected chi connectivity index (χ1v) is 8.71. The molecular weight excluding hydrogens is 347 g/mol. The second-order valence-electron chi connectivity index (χ2n) is 2.48. The van der Waals surface area contributed by atoms with E-state index >= 15 is 0 Å². The third-order valence-electron chi connectivity index (χ3n) is 1.39. The summed E-state index contributed by atoms with van der Waals surface area (Å²) >= 11 is 0. The van der Waals surface area contributed by atoms with Gasteiger partial charge in [-0.2, -0.15) is 0 Å². The van der Waals surface area contributed by atoms with Gasteiger partial charge in [0.1, 0.15) is 9.81 Å². The van der Waals surface area contributed by atoms with Crippen LogP contribution in [0.2, 0.25) is 0 Å². The Morgan fingerprint density at radius 2 is 1.29 bits per heavy atom. The van der Waals surface area contributed by atoms with Gasteiger partial charge in [-0.25, -0.2) is 9.59 Å². The van der Waals surface area contributed by atoms with Crippen molar-refractivity contribution in [1.82, 2.24) is 0 Å². The first-order chi connectivity index (χ1) is 7.61.